The number of nitrogens with zero attached hydrogens (tertiary/aromatic N) is 1. The van der Waals surface area contributed by atoms with E-state index in [1.807, 2.05) is 6.92 Å². The van der Waals surface area contributed by atoms with Gasteiger partial charge < -0.3 is 9.47 Å². The zero-order chi connectivity index (χ0) is 21.6. The normalized spacial score (nSPS) is 23.0. The molecular formula is C27H37NO3. The minimum Gasteiger partial charge on any atom is -0.490 e. The van der Waals surface area contributed by atoms with Crippen molar-refractivity contribution in [1.29, 1.82) is 0 Å². The summed E-state index contributed by atoms with van der Waals surface area (Å²) in [6, 6.07) is 13.2. The van der Waals surface area contributed by atoms with Crippen molar-refractivity contribution in [1.82, 2.24) is 4.90 Å². The zero-order valence-corrected chi connectivity index (χ0v) is 19.1. The van der Waals surface area contributed by atoms with Gasteiger partial charge in [0.2, 0.25) is 0 Å². The highest BCUT2D eigenvalue weighted by Crippen LogP contribution is 2.33. The van der Waals surface area contributed by atoms with Crippen molar-refractivity contribution < 1.29 is 14.3 Å². The van der Waals surface area contributed by atoms with Crippen LogP contribution < -0.4 is 4.74 Å². The zero-order valence-electron chi connectivity index (χ0n) is 19.1. The van der Waals surface area contributed by atoms with Crippen LogP contribution in [0.2, 0.25) is 0 Å². The molecule has 1 aliphatic heterocycles. The second kappa shape index (κ2) is 10.5. The van der Waals surface area contributed by atoms with E-state index in [1.54, 1.807) is 0 Å². The van der Waals surface area contributed by atoms with Gasteiger partial charge in [0.1, 0.15) is 5.75 Å². The molecule has 4 heteroatoms. The highest BCUT2D eigenvalue weighted by atomic mass is 16.5. The summed E-state index contributed by atoms with van der Waals surface area (Å²) >= 11 is 0. The molecule has 0 atom stereocenters. The highest BCUT2D eigenvalue weighted by molar-refractivity contribution is 5.88. The number of hydrogen-bond acceptors (Lipinski definition) is 4. The first-order valence-corrected chi connectivity index (χ1v) is 12.2. The Morgan fingerprint density at radius 1 is 1.00 bits per heavy atom. The summed E-state index contributed by atoms with van der Waals surface area (Å²) < 4.78 is 11.6. The van der Waals surface area contributed by atoms with Gasteiger partial charge in [-0.05, 0) is 87.5 Å². The van der Waals surface area contributed by atoms with Gasteiger partial charge in [0.25, 0.3) is 0 Å². The molecule has 31 heavy (non-hydrogen) atoms. The summed E-state index contributed by atoms with van der Waals surface area (Å²) in [6.07, 6.45) is 8.38. The van der Waals surface area contributed by atoms with Crippen LogP contribution in [0.5, 0.6) is 5.75 Å². The molecule has 0 spiro atoms. The number of likely N-dealkylation sites (tertiary alicyclic amines) is 1. The van der Waals surface area contributed by atoms with Gasteiger partial charge in [-0.2, -0.15) is 0 Å². The Kier molecular flexibility index (Phi) is 7.49. The third-order valence-electron chi connectivity index (χ3n) is 7.18. The predicted octanol–water partition coefficient (Wildman–Crippen LogP) is 5.96. The van der Waals surface area contributed by atoms with E-state index in [-0.39, 0.29) is 11.9 Å². The van der Waals surface area contributed by atoms with Crippen LogP contribution in [0.3, 0.4) is 0 Å². The molecular weight excluding hydrogens is 386 g/mol. The van der Waals surface area contributed by atoms with Crippen LogP contribution in [0.4, 0.5) is 0 Å². The minimum atomic E-state index is -0.0245. The Morgan fingerprint density at radius 3 is 2.48 bits per heavy atom. The molecule has 1 saturated heterocycles. The Hall–Kier alpha value is -2.07. The van der Waals surface area contributed by atoms with Gasteiger partial charge in [0.15, 0.2) is 0 Å². The van der Waals surface area contributed by atoms with Crippen LogP contribution in [-0.2, 0) is 16.1 Å². The summed E-state index contributed by atoms with van der Waals surface area (Å²) in [5.41, 5.74) is 1.32. The molecule has 2 aliphatic rings. The van der Waals surface area contributed by atoms with Gasteiger partial charge in [-0.1, -0.05) is 37.6 Å². The average Bonchev–Trinajstić information content (AvgIpc) is 2.80. The monoisotopic (exact) mass is 423 g/mol. The largest absolute Gasteiger partial charge is 0.490 e. The highest BCUT2D eigenvalue weighted by Gasteiger charge is 2.26. The number of carbonyl (C=O) groups excluding carboxylic acids is 1. The molecule has 0 amide bonds. The third kappa shape index (κ3) is 5.60. The molecule has 168 valence electrons. The van der Waals surface area contributed by atoms with Crippen molar-refractivity contribution in [3.05, 3.63) is 42.0 Å². The molecule has 4 rings (SSSR count). The SMILES string of the molecule is CCOC(=O)C1CCN(Cc2ccc3c(O[C@H]4CC[C@H](CC)CC4)cccc3c2)CC1. The number of rotatable bonds is 7. The van der Waals surface area contributed by atoms with Gasteiger partial charge >= 0.3 is 5.97 Å². The summed E-state index contributed by atoms with van der Waals surface area (Å²) in [5.74, 6) is 1.96. The number of benzene rings is 2. The Labute approximate surface area is 186 Å². The first-order valence-electron chi connectivity index (χ1n) is 12.2. The molecule has 1 saturated carbocycles. The van der Waals surface area contributed by atoms with E-state index in [1.165, 1.54) is 48.4 Å². The molecule has 0 unspecified atom stereocenters. The van der Waals surface area contributed by atoms with E-state index in [0.29, 0.717) is 12.7 Å². The maximum absolute atomic E-state index is 12.0. The molecule has 1 aliphatic carbocycles. The second-order valence-corrected chi connectivity index (χ2v) is 9.28. The molecule has 0 radical (unpaired) electrons. The molecule has 1 heterocycles. The van der Waals surface area contributed by atoms with E-state index < -0.39 is 0 Å². The lowest BCUT2D eigenvalue weighted by atomic mass is 9.86. The van der Waals surface area contributed by atoms with Gasteiger partial charge in [-0.25, -0.2) is 0 Å². The molecule has 2 fully saturated rings. The number of esters is 1. The summed E-state index contributed by atoms with van der Waals surface area (Å²) in [4.78, 5) is 14.4. The lowest BCUT2D eigenvalue weighted by Gasteiger charge is -2.31. The van der Waals surface area contributed by atoms with Crippen molar-refractivity contribution in [3.8, 4) is 5.75 Å². The summed E-state index contributed by atoms with van der Waals surface area (Å²) in [5, 5.41) is 2.46. The molecule has 0 bridgehead atoms. The summed E-state index contributed by atoms with van der Waals surface area (Å²) in [7, 11) is 0. The van der Waals surface area contributed by atoms with Gasteiger partial charge in [-0.15, -0.1) is 0 Å². The first-order chi connectivity index (χ1) is 15.2. The maximum Gasteiger partial charge on any atom is 0.309 e. The number of hydrogen-bond donors (Lipinski definition) is 0. The topological polar surface area (TPSA) is 38.8 Å². The Morgan fingerprint density at radius 2 is 1.77 bits per heavy atom. The number of ether oxygens (including phenoxy) is 2. The van der Waals surface area contributed by atoms with E-state index in [2.05, 4.69) is 48.2 Å². The molecule has 2 aromatic carbocycles. The smallest absolute Gasteiger partial charge is 0.309 e. The van der Waals surface area contributed by atoms with Crippen LogP contribution in [0, 0.1) is 11.8 Å². The van der Waals surface area contributed by atoms with Crippen molar-refractivity contribution in [2.45, 2.75) is 71.4 Å². The standard InChI is InChI=1S/C27H37NO3/c1-3-20-8-11-24(12-9-20)31-26-7-5-6-23-18-21(10-13-25(23)26)19-28-16-14-22(15-17-28)27(29)30-4-2/h5-7,10,13,18,20,22,24H,3-4,8-9,11-12,14-17,19H2,1-2H3/t20-,24-. The van der Waals surface area contributed by atoms with Crippen molar-refractivity contribution in [3.63, 3.8) is 0 Å². The van der Waals surface area contributed by atoms with Crippen LogP contribution in [0.15, 0.2) is 36.4 Å². The molecule has 0 aromatic heterocycles. The first kappa shape index (κ1) is 22.1. The van der Waals surface area contributed by atoms with E-state index in [0.717, 1.165) is 44.1 Å². The van der Waals surface area contributed by atoms with Gasteiger partial charge in [0.05, 0.1) is 18.6 Å². The van der Waals surface area contributed by atoms with Crippen LogP contribution in [-0.4, -0.2) is 36.7 Å². The van der Waals surface area contributed by atoms with E-state index >= 15 is 0 Å². The minimum absolute atomic E-state index is 0.0245. The maximum atomic E-state index is 12.0. The Bertz CT molecular complexity index is 864. The molecule has 2 aromatic rings. The quantitative estimate of drug-likeness (QED) is 0.515. The van der Waals surface area contributed by atoms with Crippen LogP contribution in [0.1, 0.15) is 64.4 Å². The van der Waals surface area contributed by atoms with Crippen molar-refractivity contribution in [2.75, 3.05) is 19.7 Å². The second-order valence-electron chi connectivity index (χ2n) is 9.28. The predicted molar refractivity (Wildman–Crippen MR) is 125 cm³/mol. The van der Waals surface area contributed by atoms with Crippen LogP contribution >= 0.6 is 0 Å². The lowest BCUT2D eigenvalue weighted by Crippen LogP contribution is -2.36. The number of fused-ring (bicyclic) bond motifs is 1. The fourth-order valence-electron chi connectivity index (χ4n) is 5.19. The Balaban J connectivity index is 1.36. The third-order valence-corrected chi connectivity index (χ3v) is 7.18. The lowest BCUT2D eigenvalue weighted by molar-refractivity contribution is -0.149. The van der Waals surface area contributed by atoms with Gasteiger partial charge in [-0.3, -0.25) is 9.69 Å². The van der Waals surface area contributed by atoms with E-state index in [9.17, 15) is 4.79 Å². The number of carbonyl (C=O) groups is 1. The number of piperidine rings is 1. The molecule has 0 N–H and O–H groups in total. The average molecular weight is 424 g/mol. The van der Waals surface area contributed by atoms with Crippen molar-refractivity contribution >= 4 is 16.7 Å². The van der Waals surface area contributed by atoms with Gasteiger partial charge in [0, 0.05) is 11.9 Å². The fourth-order valence-corrected chi connectivity index (χ4v) is 5.19. The molecule has 4 nitrogen and oxygen atoms in total. The van der Waals surface area contributed by atoms with E-state index in [4.69, 9.17) is 9.47 Å². The summed E-state index contributed by atoms with van der Waals surface area (Å²) in [6.45, 7) is 7.48. The van der Waals surface area contributed by atoms with Crippen LogP contribution in [0.25, 0.3) is 10.8 Å². The van der Waals surface area contributed by atoms with Crippen molar-refractivity contribution in [2.24, 2.45) is 11.8 Å². The fraction of sp³-hybridized carbons (Fsp3) is 0.593.